The van der Waals surface area contributed by atoms with Gasteiger partial charge in [0.15, 0.2) is 0 Å². The highest BCUT2D eigenvalue weighted by Gasteiger charge is 2.28. The molecule has 92 valence electrons. The number of hydrogen-bond acceptors (Lipinski definition) is 3. The highest BCUT2D eigenvalue weighted by molar-refractivity contribution is 5.75. The summed E-state index contributed by atoms with van der Waals surface area (Å²) in [5.74, 6) is -0.764. The molecule has 0 radical (unpaired) electrons. The summed E-state index contributed by atoms with van der Waals surface area (Å²) in [6.07, 6.45) is 5.05. The molecule has 0 N–H and O–H groups in total. The van der Waals surface area contributed by atoms with Crippen LogP contribution in [-0.4, -0.2) is 12.6 Å². The lowest BCUT2D eigenvalue weighted by Crippen LogP contribution is -2.24. The number of ether oxygens (including phenoxy) is 1. The van der Waals surface area contributed by atoms with E-state index in [0.717, 1.165) is 32.1 Å². The molecule has 0 aromatic heterocycles. The maximum absolute atomic E-state index is 11.6. The van der Waals surface area contributed by atoms with Gasteiger partial charge in [-0.1, -0.05) is 33.1 Å². The molecule has 0 heterocycles. The van der Waals surface area contributed by atoms with Crippen LogP contribution in [0.4, 0.5) is 0 Å². The third-order valence-corrected chi connectivity index (χ3v) is 2.74. The van der Waals surface area contributed by atoms with E-state index >= 15 is 0 Å². The number of carbonyl (C=O) groups is 1. The van der Waals surface area contributed by atoms with Gasteiger partial charge in [0.2, 0.25) is 0 Å². The summed E-state index contributed by atoms with van der Waals surface area (Å²) in [6, 6.07) is 2.11. The summed E-state index contributed by atoms with van der Waals surface area (Å²) < 4.78 is 4.94. The molecule has 0 aliphatic rings. The predicted octanol–water partition coefficient (Wildman–Crippen LogP) is 3.30. The number of unbranched alkanes of at least 4 members (excludes halogenated alkanes) is 1. The summed E-state index contributed by atoms with van der Waals surface area (Å²) in [6.45, 7) is 6.32. The Kier molecular flexibility index (Phi) is 8.61. The summed E-state index contributed by atoms with van der Waals surface area (Å²) >= 11 is 0. The first kappa shape index (κ1) is 15.0. The van der Waals surface area contributed by atoms with Gasteiger partial charge in [-0.25, -0.2) is 0 Å². The topological polar surface area (TPSA) is 50.1 Å². The fraction of sp³-hybridized carbons (Fsp3) is 0.846. The highest BCUT2D eigenvalue weighted by atomic mass is 16.5. The van der Waals surface area contributed by atoms with Gasteiger partial charge in [0.1, 0.15) is 5.92 Å². The van der Waals surface area contributed by atoms with Crippen molar-refractivity contribution in [3.63, 3.8) is 0 Å². The minimum absolute atomic E-state index is 0.161. The van der Waals surface area contributed by atoms with Gasteiger partial charge in [0.25, 0.3) is 0 Å². The molecule has 16 heavy (non-hydrogen) atoms. The Labute approximate surface area is 98.8 Å². The molecule has 3 heteroatoms. The normalized spacial score (nSPS) is 13.9. The lowest BCUT2D eigenvalue weighted by Gasteiger charge is -2.19. The molecule has 0 saturated heterocycles. The van der Waals surface area contributed by atoms with E-state index in [0.29, 0.717) is 6.61 Å². The second-order valence-corrected chi connectivity index (χ2v) is 4.05. The number of nitriles is 1. The fourth-order valence-corrected chi connectivity index (χ4v) is 1.90. The van der Waals surface area contributed by atoms with E-state index in [1.165, 1.54) is 0 Å². The van der Waals surface area contributed by atoms with Crippen LogP contribution in [0.5, 0.6) is 0 Å². The molecule has 0 spiro atoms. The Bertz CT molecular complexity index is 233. The third kappa shape index (κ3) is 5.16. The lowest BCUT2D eigenvalue weighted by atomic mass is 9.85. The summed E-state index contributed by atoms with van der Waals surface area (Å²) in [7, 11) is 0. The molecule has 0 aliphatic heterocycles. The lowest BCUT2D eigenvalue weighted by molar-refractivity contribution is -0.147. The molecule has 0 aromatic carbocycles. The quantitative estimate of drug-likeness (QED) is 0.595. The van der Waals surface area contributed by atoms with Gasteiger partial charge in [-0.3, -0.25) is 4.79 Å². The van der Waals surface area contributed by atoms with Gasteiger partial charge >= 0.3 is 5.97 Å². The second kappa shape index (κ2) is 9.21. The molecular weight excluding hydrogens is 202 g/mol. The smallest absolute Gasteiger partial charge is 0.323 e. The first-order valence-electron chi connectivity index (χ1n) is 6.27. The predicted molar refractivity (Wildman–Crippen MR) is 63.7 cm³/mol. The number of hydrogen-bond donors (Lipinski definition) is 0. The van der Waals surface area contributed by atoms with Gasteiger partial charge in [0.05, 0.1) is 12.7 Å². The first-order valence-corrected chi connectivity index (χ1v) is 6.27. The van der Waals surface area contributed by atoms with E-state index in [9.17, 15) is 4.79 Å². The second-order valence-electron chi connectivity index (χ2n) is 4.05. The van der Waals surface area contributed by atoms with E-state index in [4.69, 9.17) is 10.00 Å². The zero-order valence-electron chi connectivity index (χ0n) is 10.7. The van der Waals surface area contributed by atoms with Crippen molar-refractivity contribution >= 4 is 5.97 Å². The third-order valence-electron chi connectivity index (χ3n) is 2.74. The minimum Gasteiger partial charge on any atom is -0.465 e. The van der Waals surface area contributed by atoms with Gasteiger partial charge in [-0.2, -0.15) is 5.26 Å². The molecule has 0 aliphatic carbocycles. The highest BCUT2D eigenvalue weighted by Crippen LogP contribution is 2.24. The van der Waals surface area contributed by atoms with Crippen molar-refractivity contribution in [2.24, 2.45) is 11.8 Å². The van der Waals surface area contributed by atoms with Crippen LogP contribution in [0.1, 0.15) is 52.9 Å². The molecule has 0 amide bonds. The Morgan fingerprint density at radius 1 is 1.25 bits per heavy atom. The van der Waals surface area contributed by atoms with E-state index in [-0.39, 0.29) is 11.9 Å². The van der Waals surface area contributed by atoms with E-state index < -0.39 is 5.92 Å². The molecule has 0 saturated carbocycles. The van der Waals surface area contributed by atoms with Crippen molar-refractivity contribution in [3.8, 4) is 6.07 Å². The average molecular weight is 225 g/mol. The van der Waals surface area contributed by atoms with Crippen molar-refractivity contribution < 1.29 is 9.53 Å². The Morgan fingerprint density at radius 2 is 1.94 bits per heavy atom. The first-order chi connectivity index (χ1) is 7.71. The zero-order valence-corrected chi connectivity index (χ0v) is 10.7. The average Bonchev–Trinajstić information content (AvgIpc) is 2.27. The minimum atomic E-state index is -0.577. The molecule has 0 aromatic rings. The molecule has 0 bridgehead atoms. The summed E-state index contributed by atoms with van der Waals surface area (Å²) in [5.41, 5.74) is 0. The molecule has 3 nitrogen and oxygen atoms in total. The largest absolute Gasteiger partial charge is 0.465 e. The van der Waals surface area contributed by atoms with Gasteiger partial charge in [0, 0.05) is 0 Å². The maximum Gasteiger partial charge on any atom is 0.323 e. The number of nitrogens with zero attached hydrogens (tertiary/aromatic N) is 1. The molecular formula is C13H23NO2. The molecule has 0 fully saturated rings. The van der Waals surface area contributed by atoms with Crippen LogP contribution < -0.4 is 0 Å². The van der Waals surface area contributed by atoms with Crippen molar-refractivity contribution in [2.75, 3.05) is 6.61 Å². The summed E-state index contributed by atoms with van der Waals surface area (Å²) in [4.78, 5) is 11.6. The standard InChI is InChI=1S/C13H23NO2/c1-4-7-9-11(8-5-2)12(10-14)13(15)16-6-3/h11-12H,4-9H2,1-3H3. The van der Waals surface area contributed by atoms with Crippen LogP contribution in [0.15, 0.2) is 0 Å². The number of rotatable bonds is 8. The monoisotopic (exact) mass is 225 g/mol. The van der Waals surface area contributed by atoms with Crippen molar-refractivity contribution in [2.45, 2.75) is 52.9 Å². The molecule has 0 rings (SSSR count). The van der Waals surface area contributed by atoms with Crippen molar-refractivity contribution in [3.05, 3.63) is 0 Å². The fourth-order valence-electron chi connectivity index (χ4n) is 1.90. The maximum atomic E-state index is 11.6. The SMILES string of the molecule is CCCCC(CCC)C(C#N)C(=O)OCC. The van der Waals surface area contributed by atoms with Gasteiger partial charge in [-0.05, 0) is 25.7 Å². The van der Waals surface area contributed by atoms with Crippen LogP contribution in [0, 0.1) is 23.2 Å². The number of carbonyl (C=O) groups excluding carboxylic acids is 1. The Morgan fingerprint density at radius 3 is 2.38 bits per heavy atom. The molecule has 2 unspecified atom stereocenters. The van der Waals surface area contributed by atoms with Crippen LogP contribution in [0.25, 0.3) is 0 Å². The van der Waals surface area contributed by atoms with Gasteiger partial charge < -0.3 is 4.74 Å². The molecule has 2 atom stereocenters. The van der Waals surface area contributed by atoms with Crippen LogP contribution in [-0.2, 0) is 9.53 Å². The van der Waals surface area contributed by atoms with Crippen molar-refractivity contribution in [1.82, 2.24) is 0 Å². The van der Waals surface area contributed by atoms with Crippen LogP contribution >= 0.6 is 0 Å². The van der Waals surface area contributed by atoms with Crippen LogP contribution in [0.3, 0.4) is 0 Å². The Balaban J connectivity index is 4.44. The van der Waals surface area contributed by atoms with Crippen molar-refractivity contribution in [1.29, 1.82) is 5.26 Å². The summed E-state index contributed by atoms with van der Waals surface area (Å²) in [5, 5.41) is 9.07. The Hall–Kier alpha value is -1.04. The van der Waals surface area contributed by atoms with E-state index in [1.54, 1.807) is 6.92 Å². The van der Waals surface area contributed by atoms with E-state index in [1.807, 2.05) is 0 Å². The van der Waals surface area contributed by atoms with Gasteiger partial charge in [-0.15, -0.1) is 0 Å². The number of esters is 1. The van der Waals surface area contributed by atoms with Crippen LogP contribution in [0.2, 0.25) is 0 Å². The zero-order chi connectivity index (χ0) is 12.4. The van der Waals surface area contributed by atoms with E-state index in [2.05, 4.69) is 19.9 Å².